The molecule has 128 valence electrons. The number of piperidine rings is 1. The van der Waals surface area contributed by atoms with Gasteiger partial charge >= 0.3 is 6.36 Å². The first-order valence-corrected chi connectivity index (χ1v) is 7.31. The first-order valence-electron chi connectivity index (χ1n) is 7.31. The Hall–Kier alpha value is -2.49. The van der Waals surface area contributed by atoms with E-state index in [4.69, 9.17) is 0 Å². The van der Waals surface area contributed by atoms with Gasteiger partial charge in [-0.05, 0) is 24.1 Å². The first-order chi connectivity index (χ1) is 11.4. The average Bonchev–Trinajstić information content (AvgIpc) is 3.08. The summed E-state index contributed by atoms with van der Waals surface area (Å²) in [6, 6.07) is 6.77. The number of carbonyl (C=O) groups excluding carboxylic acids is 1. The number of amides is 1. The second kappa shape index (κ2) is 6.56. The number of benzene rings is 1. The van der Waals surface area contributed by atoms with Crippen LogP contribution >= 0.6 is 0 Å². The topological polar surface area (TPSA) is 84.0 Å². The number of likely N-dealkylation sites (tertiary alicyclic amines) is 1. The Morgan fingerprint density at radius 1 is 1.25 bits per heavy atom. The van der Waals surface area contributed by atoms with Crippen LogP contribution in [0, 0.1) is 0 Å². The van der Waals surface area contributed by atoms with Crippen LogP contribution in [0.1, 0.15) is 23.2 Å². The molecular formula is C14H14F3N5O2. The summed E-state index contributed by atoms with van der Waals surface area (Å²) in [5.41, 5.74) is 0.902. The van der Waals surface area contributed by atoms with Crippen molar-refractivity contribution in [2.75, 3.05) is 13.1 Å². The summed E-state index contributed by atoms with van der Waals surface area (Å²) in [6.45, 7) is 0.389. The van der Waals surface area contributed by atoms with Gasteiger partial charge in [-0.3, -0.25) is 9.53 Å². The van der Waals surface area contributed by atoms with Crippen molar-refractivity contribution in [3.05, 3.63) is 29.8 Å². The quantitative estimate of drug-likeness (QED) is 0.923. The van der Waals surface area contributed by atoms with Crippen LogP contribution in [0.15, 0.2) is 24.3 Å². The van der Waals surface area contributed by atoms with Crippen LogP contribution in [-0.4, -0.2) is 57.0 Å². The molecular weight excluding hydrogens is 327 g/mol. The molecule has 7 nitrogen and oxygen atoms in total. The first kappa shape index (κ1) is 16.4. The molecule has 0 spiro atoms. The van der Waals surface area contributed by atoms with Gasteiger partial charge in [-0.1, -0.05) is 18.2 Å². The number of tetrazole rings is 1. The maximum absolute atomic E-state index is 12.7. The molecule has 0 radical (unpaired) electrons. The molecule has 1 aliphatic rings. The SMILES string of the molecule is O=C(c1ccccc1-c1nn[nH]n1)N1CCC(OC(F)(F)F)CC1. The Morgan fingerprint density at radius 2 is 1.96 bits per heavy atom. The number of carbonyl (C=O) groups is 1. The minimum atomic E-state index is -4.65. The van der Waals surface area contributed by atoms with Gasteiger partial charge in [-0.25, -0.2) is 0 Å². The number of alkyl halides is 3. The third kappa shape index (κ3) is 3.70. The fourth-order valence-electron chi connectivity index (χ4n) is 2.68. The molecule has 2 aromatic rings. The largest absolute Gasteiger partial charge is 0.522 e. The number of rotatable bonds is 3. The lowest BCUT2D eigenvalue weighted by Crippen LogP contribution is -2.42. The Morgan fingerprint density at radius 3 is 2.58 bits per heavy atom. The van der Waals surface area contributed by atoms with Crippen LogP contribution in [0.5, 0.6) is 0 Å². The third-order valence-electron chi connectivity index (χ3n) is 3.77. The number of ether oxygens (including phenoxy) is 1. The van der Waals surface area contributed by atoms with Crippen molar-refractivity contribution in [2.24, 2.45) is 0 Å². The summed E-state index contributed by atoms with van der Waals surface area (Å²) in [5.74, 6) is 0.00935. The molecule has 1 aromatic carbocycles. The monoisotopic (exact) mass is 341 g/mol. The van der Waals surface area contributed by atoms with Crippen LogP contribution < -0.4 is 0 Å². The van der Waals surface area contributed by atoms with Crippen LogP contribution in [0.3, 0.4) is 0 Å². The van der Waals surface area contributed by atoms with E-state index in [1.165, 1.54) is 4.90 Å². The molecule has 0 saturated carbocycles. The molecule has 0 atom stereocenters. The van der Waals surface area contributed by atoms with E-state index in [-0.39, 0.29) is 37.7 Å². The van der Waals surface area contributed by atoms with Crippen molar-refractivity contribution in [3.63, 3.8) is 0 Å². The van der Waals surface area contributed by atoms with Gasteiger partial charge in [0.2, 0.25) is 5.82 Å². The van der Waals surface area contributed by atoms with Gasteiger partial charge in [-0.15, -0.1) is 23.4 Å². The van der Waals surface area contributed by atoms with Gasteiger partial charge in [0.15, 0.2) is 0 Å². The van der Waals surface area contributed by atoms with Gasteiger partial charge < -0.3 is 4.90 Å². The Bertz CT molecular complexity index is 697. The van der Waals surface area contributed by atoms with E-state index < -0.39 is 12.5 Å². The van der Waals surface area contributed by atoms with Crippen LogP contribution in [-0.2, 0) is 4.74 Å². The third-order valence-corrected chi connectivity index (χ3v) is 3.77. The normalized spacial score (nSPS) is 16.4. The molecule has 2 heterocycles. The standard InChI is InChI=1S/C14H14F3N5O2/c15-14(16,17)24-9-5-7-22(8-6-9)13(23)11-4-2-1-3-10(11)12-18-20-21-19-12/h1-4,9H,5-8H2,(H,18,19,20,21). The summed E-state index contributed by atoms with van der Waals surface area (Å²) in [6.07, 6.45) is -5.30. The van der Waals surface area contributed by atoms with E-state index in [0.29, 0.717) is 11.1 Å². The molecule has 0 aliphatic carbocycles. The van der Waals surface area contributed by atoms with Crippen molar-refractivity contribution in [2.45, 2.75) is 25.3 Å². The Kier molecular flexibility index (Phi) is 4.47. The number of aromatic amines is 1. The highest BCUT2D eigenvalue weighted by Gasteiger charge is 2.36. The molecule has 10 heteroatoms. The van der Waals surface area contributed by atoms with E-state index in [2.05, 4.69) is 25.4 Å². The smallest absolute Gasteiger partial charge is 0.338 e. The summed E-state index contributed by atoms with van der Waals surface area (Å²) >= 11 is 0. The second-order valence-electron chi connectivity index (χ2n) is 5.34. The van der Waals surface area contributed by atoms with Crippen LogP contribution in [0.2, 0.25) is 0 Å². The van der Waals surface area contributed by atoms with Crippen molar-refractivity contribution in [1.82, 2.24) is 25.5 Å². The summed E-state index contributed by atoms with van der Waals surface area (Å²) in [4.78, 5) is 14.2. The Balaban J connectivity index is 1.71. The second-order valence-corrected chi connectivity index (χ2v) is 5.34. The zero-order valence-corrected chi connectivity index (χ0v) is 12.5. The number of hydrogen-bond donors (Lipinski definition) is 1. The average molecular weight is 341 g/mol. The maximum Gasteiger partial charge on any atom is 0.522 e. The lowest BCUT2D eigenvalue weighted by atomic mass is 10.0. The van der Waals surface area contributed by atoms with Gasteiger partial charge in [0.05, 0.1) is 11.7 Å². The predicted molar refractivity (Wildman–Crippen MR) is 75.7 cm³/mol. The number of nitrogens with one attached hydrogen (secondary N) is 1. The molecule has 1 N–H and O–H groups in total. The maximum atomic E-state index is 12.7. The number of halogens is 3. The molecule has 1 aromatic heterocycles. The zero-order chi connectivity index (χ0) is 17.2. The van der Waals surface area contributed by atoms with Gasteiger partial charge in [0.1, 0.15) is 0 Å². The van der Waals surface area contributed by atoms with E-state index in [1.807, 2.05) is 0 Å². The highest BCUT2D eigenvalue weighted by molar-refractivity contribution is 6.00. The van der Waals surface area contributed by atoms with Crippen molar-refractivity contribution in [1.29, 1.82) is 0 Å². The highest BCUT2D eigenvalue weighted by Crippen LogP contribution is 2.26. The molecule has 3 rings (SSSR count). The van der Waals surface area contributed by atoms with E-state index in [9.17, 15) is 18.0 Å². The highest BCUT2D eigenvalue weighted by atomic mass is 19.4. The molecule has 1 aliphatic heterocycles. The number of aromatic nitrogens is 4. The molecule has 24 heavy (non-hydrogen) atoms. The zero-order valence-electron chi connectivity index (χ0n) is 12.5. The van der Waals surface area contributed by atoms with Crippen molar-refractivity contribution >= 4 is 5.91 Å². The fraction of sp³-hybridized carbons (Fsp3) is 0.429. The molecule has 0 bridgehead atoms. The molecule has 1 amide bonds. The van der Waals surface area contributed by atoms with Gasteiger partial charge in [-0.2, -0.15) is 5.21 Å². The summed E-state index contributed by atoms with van der Waals surface area (Å²) in [5, 5.41) is 13.5. The lowest BCUT2D eigenvalue weighted by Gasteiger charge is -2.32. The fourth-order valence-corrected chi connectivity index (χ4v) is 2.68. The summed E-state index contributed by atoms with van der Waals surface area (Å²) < 4.78 is 40.8. The van der Waals surface area contributed by atoms with Gasteiger partial charge in [0, 0.05) is 18.7 Å². The molecule has 1 saturated heterocycles. The number of nitrogens with zero attached hydrogens (tertiary/aromatic N) is 4. The minimum absolute atomic E-state index is 0.135. The molecule has 0 unspecified atom stereocenters. The van der Waals surface area contributed by atoms with E-state index in [0.717, 1.165) is 0 Å². The summed E-state index contributed by atoms with van der Waals surface area (Å²) in [7, 11) is 0. The number of H-pyrrole nitrogens is 1. The predicted octanol–water partition coefficient (Wildman–Crippen LogP) is 2.01. The van der Waals surface area contributed by atoms with Crippen LogP contribution in [0.25, 0.3) is 11.4 Å². The van der Waals surface area contributed by atoms with Crippen LogP contribution in [0.4, 0.5) is 13.2 Å². The van der Waals surface area contributed by atoms with E-state index in [1.54, 1.807) is 24.3 Å². The lowest BCUT2D eigenvalue weighted by molar-refractivity contribution is -0.345. The Labute approximate surface area is 134 Å². The van der Waals surface area contributed by atoms with E-state index >= 15 is 0 Å². The molecule has 1 fully saturated rings. The number of hydrogen-bond acceptors (Lipinski definition) is 5. The minimum Gasteiger partial charge on any atom is -0.338 e. The van der Waals surface area contributed by atoms with Crippen molar-refractivity contribution < 1.29 is 22.7 Å². The van der Waals surface area contributed by atoms with Gasteiger partial charge in [0.25, 0.3) is 5.91 Å². The van der Waals surface area contributed by atoms with Crippen molar-refractivity contribution in [3.8, 4) is 11.4 Å².